The number of carboxylic acid groups (broad SMARTS) is 1. The number of hydrogen-bond acceptors (Lipinski definition) is 1. The van der Waals surface area contributed by atoms with Crippen LogP contribution in [0.1, 0.15) is 24.0 Å². The van der Waals surface area contributed by atoms with Crippen molar-refractivity contribution in [3.8, 4) is 0 Å². The summed E-state index contributed by atoms with van der Waals surface area (Å²) in [6.07, 6.45) is -2.62. The van der Waals surface area contributed by atoms with Gasteiger partial charge in [0, 0.05) is 24.1 Å². The van der Waals surface area contributed by atoms with Crippen LogP contribution >= 0.6 is 0 Å². The molecular weight excluding hydrogens is 302 g/mol. The topological polar surface area (TPSA) is 40.5 Å². The van der Waals surface area contributed by atoms with Gasteiger partial charge in [-0.25, -0.2) is 9.18 Å². The fraction of sp³-hybridized carbons (Fsp3) is 0.400. The molecule has 3 rings (SSSR count). The molecule has 0 unspecified atom stereocenters. The number of benzene rings is 1. The molecule has 1 aliphatic carbocycles. The quantitative estimate of drug-likeness (QED) is 0.796. The lowest BCUT2D eigenvalue weighted by molar-refractivity contribution is -0.137. The Kier molecular flexibility index (Phi) is 3.19. The predicted octanol–water partition coefficient (Wildman–Crippen LogP) is 4.00. The van der Waals surface area contributed by atoms with Crippen LogP contribution in [0.25, 0.3) is 6.08 Å². The van der Waals surface area contributed by atoms with Gasteiger partial charge in [0.1, 0.15) is 5.82 Å². The first-order valence-electron chi connectivity index (χ1n) is 6.73. The van der Waals surface area contributed by atoms with Crippen LogP contribution in [0, 0.1) is 11.2 Å². The van der Waals surface area contributed by atoms with Crippen molar-refractivity contribution in [3.63, 3.8) is 0 Å². The molecule has 2 fully saturated rings. The van der Waals surface area contributed by atoms with Crippen LogP contribution in [-0.2, 0) is 6.18 Å². The minimum absolute atomic E-state index is 0.0490. The van der Waals surface area contributed by atoms with E-state index in [4.69, 9.17) is 5.11 Å². The first kappa shape index (κ1) is 14.9. The van der Waals surface area contributed by atoms with Gasteiger partial charge in [-0.1, -0.05) is 17.7 Å². The van der Waals surface area contributed by atoms with E-state index in [9.17, 15) is 22.4 Å². The Hall–Kier alpha value is -2.05. The Labute approximate surface area is 123 Å². The molecule has 118 valence electrons. The summed E-state index contributed by atoms with van der Waals surface area (Å²) in [5.41, 5.74) is 0.0105. The highest BCUT2D eigenvalue weighted by Gasteiger charge is 2.51. The number of halogens is 4. The zero-order valence-corrected chi connectivity index (χ0v) is 11.5. The molecule has 2 aliphatic rings. The second-order valence-corrected chi connectivity index (χ2v) is 6.03. The van der Waals surface area contributed by atoms with E-state index >= 15 is 0 Å². The van der Waals surface area contributed by atoms with Gasteiger partial charge in [0.25, 0.3) is 0 Å². The number of hydrogen-bond donors (Lipinski definition) is 1. The van der Waals surface area contributed by atoms with Crippen molar-refractivity contribution in [1.82, 2.24) is 4.90 Å². The van der Waals surface area contributed by atoms with Crippen molar-refractivity contribution in [1.29, 1.82) is 0 Å². The van der Waals surface area contributed by atoms with Gasteiger partial charge >= 0.3 is 12.3 Å². The fourth-order valence-electron chi connectivity index (χ4n) is 3.18. The van der Waals surface area contributed by atoms with E-state index in [1.807, 2.05) is 0 Å². The molecule has 0 aromatic heterocycles. The van der Waals surface area contributed by atoms with Crippen molar-refractivity contribution < 1.29 is 27.5 Å². The fourth-order valence-corrected chi connectivity index (χ4v) is 3.18. The van der Waals surface area contributed by atoms with Crippen molar-refractivity contribution in [2.24, 2.45) is 5.41 Å². The lowest BCUT2D eigenvalue weighted by Gasteiger charge is -2.55. The monoisotopic (exact) mass is 315 g/mol. The lowest BCUT2D eigenvalue weighted by Crippen LogP contribution is -2.61. The Balaban J connectivity index is 1.67. The normalized spacial score (nSPS) is 19.6. The number of likely N-dealkylation sites (tertiary alicyclic amines) is 1. The van der Waals surface area contributed by atoms with Crippen LogP contribution in [0.15, 0.2) is 23.8 Å². The standard InChI is InChI=1S/C15H13F4NO2/c16-12-4-11(15(17,18)19)2-1-10(12)3-9-5-14(6-9)7-20(8-14)13(21)22/h1-4H,5-8H2,(H,21,22). The van der Waals surface area contributed by atoms with Gasteiger partial charge in [0.15, 0.2) is 0 Å². The van der Waals surface area contributed by atoms with E-state index in [1.165, 1.54) is 4.90 Å². The maximum atomic E-state index is 13.7. The molecule has 0 bridgehead atoms. The molecule has 1 amide bonds. The largest absolute Gasteiger partial charge is 0.465 e. The van der Waals surface area contributed by atoms with Crippen LogP contribution < -0.4 is 0 Å². The lowest BCUT2D eigenvalue weighted by atomic mass is 9.60. The first-order valence-corrected chi connectivity index (χ1v) is 6.73. The average Bonchev–Trinajstić information content (AvgIpc) is 2.30. The van der Waals surface area contributed by atoms with Crippen LogP contribution in [0.4, 0.5) is 22.4 Å². The molecule has 0 radical (unpaired) electrons. The highest BCUT2D eigenvalue weighted by Crippen LogP contribution is 2.52. The van der Waals surface area contributed by atoms with Crippen molar-refractivity contribution in [3.05, 3.63) is 40.7 Å². The molecule has 1 aromatic rings. The molecular formula is C15H13F4NO2. The molecule has 1 N–H and O–H groups in total. The van der Waals surface area contributed by atoms with Crippen LogP contribution in [-0.4, -0.2) is 29.2 Å². The van der Waals surface area contributed by atoms with Crippen LogP contribution in [0.3, 0.4) is 0 Å². The molecule has 22 heavy (non-hydrogen) atoms. The summed E-state index contributed by atoms with van der Waals surface area (Å²) < 4.78 is 51.1. The summed E-state index contributed by atoms with van der Waals surface area (Å²) in [6, 6.07) is 2.48. The van der Waals surface area contributed by atoms with E-state index in [2.05, 4.69) is 0 Å². The third kappa shape index (κ3) is 2.55. The summed E-state index contributed by atoms with van der Waals surface area (Å²) in [7, 11) is 0. The molecule has 1 spiro atoms. The van der Waals surface area contributed by atoms with Gasteiger partial charge in [0.2, 0.25) is 0 Å². The number of amides is 1. The van der Waals surface area contributed by atoms with E-state index in [0.717, 1.165) is 17.7 Å². The molecule has 1 aliphatic heterocycles. The van der Waals surface area contributed by atoms with Gasteiger partial charge in [-0.05, 0) is 25.0 Å². The average molecular weight is 315 g/mol. The molecule has 0 atom stereocenters. The minimum atomic E-state index is -4.56. The number of allylic oxidation sites excluding steroid dienone is 1. The maximum Gasteiger partial charge on any atom is 0.416 e. The summed E-state index contributed by atoms with van der Waals surface area (Å²) in [6.45, 7) is 0.935. The molecule has 3 nitrogen and oxygen atoms in total. The van der Waals surface area contributed by atoms with Crippen molar-refractivity contribution in [2.45, 2.75) is 19.0 Å². The third-order valence-corrected chi connectivity index (χ3v) is 4.21. The van der Waals surface area contributed by atoms with E-state index in [-0.39, 0.29) is 11.0 Å². The van der Waals surface area contributed by atoms with Crippen LogP contribution in [0.5, 0.6) is 0 Å². The molecule has 1 saturated heterocycles. The Morgan fingerprint density at radius 2 is 1.91 bits per heavy atom. The Morgan fingerprint density at radius 1 is 1.27 bits per heavy atom. The van der Waals surface area contributed by atoms with Gasteiger partial charge in [-0.15, -0.1) is 0 Å². The first-order chi connectivity index (χ1) is 10.2. The summed E-state index contributed by atoms with van der Waals surface area (Å²) in [4.78, 5) is 12.0. The van der Waals surface area contributed by atoms with Gasteiger partial charge < -0.3 is 10.0 Å². The predicted molar refractivity (Wildman–Crippen MR) is 70.6 cm³/mol. The third-order valence-electron chi connectivity index (χ3n) is 4.21. The van der Waals surface area contributed by atoms with Gasteiger partial charge in [-0.3, -0.25) is 0 Å². The SMILES string of the molecule is O=C(O)N1CC2(CC(=Cc3ccc(C(F)(F)F)cc3F)C2)C1. The highest BCUT2D eigenvalue weighted by atomic mass is 19.4. The van der Waals surface area contributed by atoms with Crippen LogP contribution in [0.2, 0.25) is 0 Å². The van der Waals surface area contributed by atoms with Gasteiger partial charge in [0.05, 0.1) is 5.56 Å². The van der Waals surface area contributed by atoms with Crippen molar-refractivity contribution in [2.75, 3.05) is 13.1 Å². The Bertz CT molecular complexity index is 650. The summed E-state index contributed by atoms with van der Waals surface area (Å²) >= 11 is 0. The van der Waals surface area contributed by atoms with E-state index in [0.29, 0.717) is 32.0 Å². The zero-order valence-electron chi connectivity index (χ0n) is 11.5. The maximum absolute atomic E-state index is 13.7. The zero-order chi connectivity index (χ0) is 16.1. The highest BCUT2D eigenvalue weighted by molar-refractivity contribution is 5.67. The summed E-state index contributed by atoms with van der Waals surface area (Å²) in [5.74, 6) is -0.899. The number of rotatable bonds is 1. The molecule has 1 saturated carbocycles. The Morgan fingerprint density at radius 3 is 2.41 bits per heavy atom. The number of nitrogens with zero attached hydrogens (tertiary/aromatic N) is 1. The van der Waals surface area contributed by atoms with Gasteiger partial charge in [-0.2, -0.15) is 13.2 Å². The minimum Gasteiger partial charge on any atom is -0.465 e. The molecule has 1 aromatic carbocycles. The number of carbonyl (C=O) groups is 1. The summed E-state index contributed by atoms with van der Waals surface area (Å²) in [5, 5.41) is 8.78. The van der Waals surface area contributed by atoms with Crippen molar-refractivity contribution >= 4 is 12.2 Å². The molecule has 7 heteroatoms. The second kappa shape index (κ2) is 4.72. The van der Waals surface area contributed by atoms with E-state index in [1.54, 1.807) is 6.08 Å². The van der Waals surface area contributed by atoms with E-state index < -0.39 is 23.7 Å². The molecule has 1 heterocycles. The second-order valence-electron chi connectivity index (χ2n) is 6.03. The number of alkyl halides is 3. The smallest absolute Gasteiger partial charge is 0.416 e.